The number of amides is 1. The van der Waals surface area contributed by atoms with Crippen molar-refractivity contribution in [2.45, 2.75) is 25.8 Å². The number of halogens is 1. The van der Waals surface area contributed by atoms with Crippen LogP contribution in [0, 0.1) is 0 Å². The Kier molecular flexibility index (Phi) is 4.61. The van der Waals surface area contributed by atoms with Crippen molar-refractivity contribution in [3.63, 3.8) is 0 Å². The largest absolute Gasteiger partial charge is 0.355 e. The Balaban J connectivity index is 2.08. The molecule has 98 valence electrons. The molecule has 1 saturated heterocycles. The van der Waals surface area contributed by atoms with Crippen LogP contribution in [0.4, 0.5) is 0 Å². The minimum absolute atomic E-state index is 0.0939. The minimum atomic E-state index is 0.0939. The minimum Gasteiger partial charge on any atom is -0.355 e. The number of nitrogens with zero attached hydrogens (tertiary/aromatic N) is 1. The summed E-state index contributed by atoms with van der Waals surface area (Å²) >= 11 is 6.24. The first-order valence-corrected chi connectivity index (χ1v) is 6.85. The Labute approximate surface area is 113 Å². The molecule has 1 heterocycles. The van der Waals surface area contributed by atoms with Gasteiger partial charge in [-0.1, -0.05) is 29.8 Å². The van der Waals surface area contributed by atoms with E-state index in [0.29, 0.717) is 13.1 Å². The fourth-order valence-corrected chi connectivity index (χ4v) is 2.81. The summed E-state index contributed by atoms with van der Waals surface area (Å²) in [5.41, 5.74) is 1.14. The summed E-state index contributed by atoms with van der Waals surface area (Å²) in [6, 6.07) is 8.20. The van der Waals surface area contributed by atoms with Gasteiger partial charge in [-0.05, 0) is 37.9 Å². The van der Waals surface area contributed by atoms with E-state index < -0.39 is 0 Å². The molecular weight excluding hydrogens is 248 g/mol. The predicted molar refractivity (Wildman–Crippen MR) is 73.7 cm³/mol. The van der Waals surface area contributed by atoms with Gasteiger partial charge in [-0.3, -0.25) is 9.69 Å². The first-order chi connectivity index (χ1) is 8.72. The maximum Gasteiger partial charge on any atom is 0.234 e. The number of rotatable bonds is 4. The zero-order valence-electron chi connectivity index (χ0n) is 10.7. The third-order valence-corrected chi connectivity index (χ3v) is 3.69. The Bertz CT molecular complexity index is 422. The van der Waals surface area contributed by atoms with Crippen LogP contribution in [0.25, 0.3) is 0 Å². The fourth-order valence-electron chi connectivity index (χ4n) is 2.55. The van der Waals surface area contributed by atoms with Gasteiger partial charge in [0.15, 0.2) is 0 Å². The normalized spacial score (nSPS) is 20.0. The van der Waals surface area contributed by atoms with Gasteiger partial charge in [-0.25, -0.2) is 0 Å². The topological polar surface area (TPSA) is 32.3 Å². The van der Waals surface area contributed by atoms with E-state index in [4.69, 9.17) is 11.6 Å². The number of hydrogen-bond donors (Lipinski definition) is 1. The lowest BCUT2D eigenvalue weighted by atomic mass is 10.0. The zero-order chi connectivity index (χ0) is 13.0. The number of nitrogens with one attached hydrogen (secondary N) is 1. The Morgan fingerprint density at radius 1 is 1.50 bits per heavy atom. The summed E-state index contributed by atoms with van der Waals surface area (Å²) in [5.74, 6) is 0.0939. The van der Waals surface area contributed by atoms with Gasteiger partial charge in [-0.15, -0.1) is 0 Å². The molecule has 0 spiro atoms. The van der Waals surface area contributed by atoms with Crippen molar-refractivity contribution < 1.29 is 4.79 Å². The molecule has 1 N–H and O–H groups in total. The first kappa shape index (κ1) is 13.4. The summed E-state index contributed by atoms with van der Waals surface area (Å²) in [4.78, 5) is 13.9. The number of carbonyl (C=O) groups is 1. The molecule has 18 heavy (non-hydrogen) atoms. The first-order valence-electron chi connectivity index (χ1n) is 6.47. The van der Waals surface area contributed by atoms with Crippen molar-refractivity contribution in [3.05, 3.63) is 34.9 Å². The van der Waals surface area contributed by atoms with Gasteiger partial charge < -0.3 is 5.32 Å². The van der Waals surface area contributed by atoms with Gasteiger partial charge in [0, 0.05) is 17.6 Å². The smallest absolute Gasteiger partial charge is 0.234 e. The van der Waals surface area contributed by atoms with Crippen LogP contribution in [0.3, 0.4) is 0 Å². The van der Waals surface area contributed by atoms with E-state index in [1.165, 1.54) is 0 Å². The lowest BCUT2D eigenvalue weighted by Crippen LogP contribution is -2.36. The number of hydrogen-bond acceptors (Lipinski definition) is 2. The van der Waals surface area contributed by atoms with Crippen molar-refractivity contribution in [2.24, 2.45) is 0 Å². The van der Waals surface area contributed by atoms with E-state index in [1.54, 1.807) is 0 Å². The fraction of sp³-hybridized carbons (Fsp3) is 0.500. The van der Waals surface area contributed by atoms with Crippen LogP contribution in [0.2, 0.25) is 5.02 Å². The van der Waals surface area contributed by atoms with Crippen LogP contribution < -0.4 is 5.32 Å². The van der Waals surface area contributed by atoms with Gasteiger partial charge in [0.1, 0.15) is 0 Å². The molecule has 0 aliphatic carbocycles. The Morgan fingerprint density at radius 2 is 2.28 bits per heavy atom. The second kappa shape index (κ2) is 6.21. The van der Waals surface area contributed by atoms with Gasteiger partial charge in [-0.2, -0.15) is 0 Å². The molecule has 1 aliphatic heterocycles. The number of likely N-dealkylation sites (tertiary alicyclic amines) is 1. The quantitative estimate of drug-likeness (QED) is 0.909. The van der Waals surface area contributed by atoms with Crippen molar-refractivity contribution >= 4 is 17.5 Å². The van der Waals surface area contributed by atoms with E-state index in [9.17, 15) is 4.79 Å². The second-order valence-corrected chi connectivity index (χ2v) is 5.01. The molecule has 1 aliphatic rings. The highest BCUT2D eigenvalue weighted by Crippen LogP contribution is 2.35. The van der Waals surface area contributed by atoms with Crippen LogP contribution in [0.1, 0.15) is 31.4 Å². The molecule has 1 unspecified atom stereocenters. The number of carbonyl (C=O) groups excluding carboxylic acids is 1. The monoisotopic (exact) mass is 266 g/mol. The molecule has 2 rings (SSSR count). The number of likely N-dealkylation sites (N-methyl/N-ethyl adjacent to an activating group) is 1. The predicted octanol–water partition coefficient (Wildman–Crippen LogP) is 2.61. The van der Waals surface area contributed by atoms with Gasteiger partial charge in [0.05, 0.1) is 6.54 Å². The van der Waals surface area contributed by atoms with Crippen molar-refractivity contribution in [1.82, 2.24) is 10.2 Å². The van der Waals surface area contributed by atoms with Gasteiger partial charge in [0.2, 0.25) is 5.91 Å². The lowest BCUT2D eigenvalue weighted by molar-refractivity contribution is -0.122. The van der Waals surface area contributed by atoms with Crippen LogP contribution in [-0.2, 0) is 4.79 Å². The summed E-state index contributed by atoms with van der Waals surface area (Å²) in [6.07, 6.45) is 2.19. The molecular formula is C14H19ClN2O. The third kappa shape index (κ3) is 3.03. The van der Waals surface area contributed by atoms with E-state index in [2.05, 4.69) is 16.3 Å². The third-order valence-electron chi connectivity index (χ3n) is 3.35. The molecule has 0 bridgehead atoms. The zero-order valence-corrected chi connectivity index (χ0v) is 11.4. The molecule has 4 heteroatoms. The van der Waals surface area contributed by atoms with E-state index >= 15 is 0 Å². The molecule has 0 radical (unpaired) electrons. The van der Waals surface area contributed by atoms with E-state index in [-0.39, 0.29) is 11.9 Å². The van der Waals surface area contributed by atoms with Crippen molar-refractivity contribution in [1.29, 1.82) is 0 Å². The van der Waals surface area contributed by atoms with Crippen LogP contribution >= 0.6 is 11.6 Å². The maximum absolute atomic E-state index is 11.7. The molecule has 1 amide bonds. The highest BCUT2D eigenvalue weighted by molar-refractivity contribution is 6.31. The van der Waals surface area contributed by atoms with Gasteiger partial charge >= 0.3 is 0 Å². The highest BCUT2D eigenvalue weighted by Gasteiger charge is 2.28. The summed E-state index contributed by atoms with van der Waals surface area (Å²) in [7, 11) is 0. The molecule has 1 fully saturated rings. The molecule has 1 aromatic rings. The van der Waals surface area contributed by atoms with Crippen LogP contribution in [0.5, 0.6) is 0 Å². The molecule has 0 saturated carbocycles. The SMILES string of the molecule is CCNC(=O)CN1CCCC1c1ccccc1Cl. The summed E-state index contributed by atoms with van der Waals surface area (Å²) in [5, 5.41) is 3.64. The molecule has 3 nitrogen and oxygen atoms in total. The molecule has 1 aromatic carbocycles. The van der Waals surface area contributed by atoms with Crippen LogP contribution in [0.15, 0.2) is 24.3 Å². The Hall–Kier alpha value is -1.06. The highest BCUT2D eigenvalue weighted by atomic mass is 35.5. The lowest BCUT2D eigenvalue weighted by Gasteiger charge is -2.24. The van der Waals surface area contributed by atoms with Gasteiger partial charge in [0.25, 0.3) is 0 Å². The molecule has 1 atom stereocenters. The molecule has 0 aromatic heterocycles. The van der Waals surface area contributed by atoms with Crippen molar-refractivity contribution in [3.8, 4) is 0 Å². The van der Waals surface area contributed by atoms with Crippen LogP contribution in [-0.4, -0.2) is 30.4 Å². The number of benzene rings is 1. The summed E-state index contributed by atoms with van der Waals surface area (Å²) < 4.78 is 0. The average Bonchev–Trinajstić information content (AvgIpc) is 2.78. The van der Waals surface area contributed by atoms with Crippen molar-refractivity contribution in [2.75, 3.05) is 19.6 Å². The Morgan fingerprint density at radius 3 is 3.00 bits per heavy atom. The maximum atomic E-state index is 11.7. The average molecular weight is 267 g/mol. The summed E-state index contributed by atoms with van der Waals surface area (Å²) in [6.45, 7) is 4.05. The van der Waals surface area contributed by atoms with E-state index in [1.807, 2.05) is 25.1 Å². The standard InChI is InChI=1S/C14H19ClN2O/c1-2-16-14(18)10-17-9-5-8-13(17)11-6-3-4-7-12(11)15/h3-4,6-7,13H,2,5,8-10H2,1H3,(H,16,18). The second-order valence-electron chi connectivity index (χ2n) is 4.60. The van der Waals surface area contributed by atoms with E-state index in [0.717, 1.165) is 30.0 Å².